The van der Waals surface area contributed by atoms with Gasteiger partial charge in [-0.1, -0.05) is 148 Å². The van der Waals surface area contributed by atoms with Gasteiger partial charge in [0.2, 0.25) is 6.71 Å². The molecule has 0 radical (unpaired) electrons. The maximum atomic E-state index is 6.60. The minimum atomic E-state index is -0.0999. The first-order valence-corrected chi connectivity index (χ1v) is 23.8. The third kappa shape index (κ3) is 4.44. The van der Waals surface area contributed by atoms with Gasteiger partial charge in [-0.3, -0.25) is 0 Å². The summed E-state index contributed by atoms with van der Waals surface area (Å²) < 4.78 is 6.60. The van der Waals surface area contributed by atoms with Crippen molar-refractivity contribution in [1.82, 2.24) is 0 Å². The number of hydrogen-bond donors (Lipinski definition) is 0. The number of para-hydroxylation sites is 1. The molecule has 0 amide bonds. The molecule has 7 aromatic rings. The third-order valence-corrected chi connectivity index (χ3v) is 18.1. The molecule has 1 unspecified atom stereocenters. The number of furan rings is 1. The molecular weight excluding hydrogens is 749 g/mol. The van der Waals surface area contributed by atoms with E-state index in [0.717, 1.165) is 17.6 Å². The van der Waals surface area contributed by atoms with Gasteiger partial charge in [-0.05, 0) is 162 Å². The average molecular weight is 810 g/mol. The molecule has 62 heavy (non-hydrogen) atoms. The number of hydrogen-bond acceptors (Lipinski definition) is 2. The summed E-state index contributed by atoms with van der Waals surface area (Å²) in [7, 11) is 0. The van der Waals surface area contributed by atoms with E-state index in [2.05, 4.69) is 172 Å². The molecule has 3 aliphatic heterocycles. The van der Waals surface area contributed by atoms with Gasteiger partial charge >= 0.3 is 0 Å². The first kappa shape index (κ1) is 37.5. The van der Waals surface area contributed by atoms with Crippen LogP contribution in [0.5, 0.6) is 0 Å². The fraction of sp³-hybridized carbons (Fsp3) is 0.390. The molecule has 3 aliphatic carbocycles. The second-order valence-corrected chi connectivity index (χ2v) is 24.0. The molecule has 1 aromatic heterocycles. The van der Waals surface area contributed by atoms with Crippen LogP contribution in [0.3, 0.4) is 0 Å². The van der Waals surface area contributed by atoms with Gasteiger partial charge in [0.05, 0.1) is 5.69 Å². The van der Waals surface area contributed by atoms with Gasteiger partial charge in [0.25, 0.3) is 0 Å². The molecule has 0 fully saturated rings. The van der Waals surface area contributed by atoms with E-state index in [9.17, 15) is 0 Å². The fourth-order valence-electron chi connectivity index (χ4n) is 14.3. The molecule has 310 valence electrons. The van der Waals surface area contributed by atoms with E-state index in [-0.39, 0.29) is 39.2 Å². The number of nitrogens with zero attached hydrogens (tertiary/aromatic N) is 1. The molecule has 3 heteroatoms. The highest BCUT2D eigenvalue weighted by atomic mass is 16.3. The van der Waals surface area contributed by atoms with Crippen molar-refractivity contribution >= 4 is 62.1 Å². The quantitative estimate of drug-likeness (QED) is 0.154. The van der Waals surface area contributed by atoms with E-state index in [1.807, 2.05) is 0 Å². The Balaban J connectivity index is 1.24. The number of benzene rings is 6. The highest BCUT2D eigenvalue weighted by molar-refractivity contribution is 7.01. The summed E-state index contributed by atoms with van der Waals surface area (Å²) in [6.45, 7) is 27.9. The molecule has 2 nitrogen and oxygen atoms in total. The summed E-state index contributed by atoms with van der Waals surface area (Å²) in [5.41, 5.74) is 27.4. The van der Waals surface area contributed by atoms with Crippen LogP contribution < -0.4 is 21.3 Å². The van der Waals surface area contributed by atoms with E-state index in [1.165, 1.54) is 110 Å². The third-order valence-electron chi connectivity index (χ3n) is 18.1. The van der Waals surface area contributed by atoms with Crippen LogP contribution in [-0.4, -0.2) is 6.71 Å². The van der Waals surface area contributed by atoms with Crippen LogP contribution in [0.15, 0.2) is 95.4 Å². The molecule has 0 spiro atoms. The highest BCUT2D eigenvalue weighted by Crippen LogP contribution is 2.64. The Kier molecular flexibility index (Phi) is 6.89. The van der Waals surface area contributed by atoms with Crippen LogP contribution >= 0.6 is 0 Å². The minimum absolute atomic E-state index is 0.0202. The second kappa shape index (κ2) is 11.4. The SMILES string of the molecule is CC1(C)CCC(C)(C)c2c1ccc1c2-c2cc(-c3cccc4oc5ccccc5c34)cc3c2B1c1ccc2c4c1N3c1c(ccc3c1C(C)(C)CCC3(C)C)C4(C)CCC2(C)C. The molecule has 0 saturated carbocycles. The zero-order valence-corrected chi connectivity index (χ0v) is 38.8. The molecule has 0 N–H and O–H groups in total. The van der Waals surface area contributed by atoms with Crippen molar-refractivity contribution in [2.45, 2.75) is 147 Å². The Morgan fingerprint density at radius 3 is 1.81 bits per heavy atom. The predicted octanol–water partition coefficient (Wildman–Crippen LogP) is 13.9. The van der Waals surface area contributed by atoms with Gasteiger partial charge in [0.15, 0.2) is 0 Å². The van der Waals surface area contributed by atoms with Gasteiger partial charge in [-0.25, -0.2) is 0 Å². The van der Waals surface area contributed by atoms with Crippen molar-refractivity contribution in [3.8, 4) is 22.3 Å². The summed E-state index contributed by atoms with van der Waals surface area (Å²) in [6.07, 6.45) is 7.10. The van der Waals surface area contributed by atoms with E-state index >= 15 is 0 Å². The summed E-state index contributed by atoms with van der Waals surface area (Å²) in [6, 6.07) is 36.0. The van der Waals surface area contributed by atoms with Gasteiger partial charge < -0.3 is 9.32 Å². The summed E-state index contributed by atoms with van der Waals surface area (Å²) in [4.78, 5) is 2.88. The largest absolute Gasteiger partial charge is 0.456 e. The van der Waals surface area contributed by atoms with Gasteiger partial charge in [-0.2, -0.15) is 0 Å². The Morgan fingerprint density at radius 2 is 1.06 bits per heavy atom. The van der Waals surface area contributed by atoms with Crippen LogP contribution in [0.2, 0.25) is 0 Å². The summed E-state index contributed by atoms with van der Waals surface area (Å²) >= 11 is 0. The topological polar surface area (TPSA) is 16.4 Å². The lowest BCUT2D eigenvalue weighted by Crippen LogP contribution is -2.58. The van der Waals surface area contributed by atoms with E-state index in [4.69, 9.17) is 4.42 Å². The van der Waals surface area contributed by atoms with Crippen molar-refractivity contribution in [3.05, 3.63) is 130 Å². The van der Waals surface area contributed by atoms with Crippen molar-refractivity contribution in [1.29, 1.82) is 0 Å². The average Bonchev–Trinajstić information content (AvgIpc) is 3.79. The molecule has 0 saturated heterocycles. The van der Waals surface area contributed by atoms with E-state index in [1.54, 1.807) is 27.8 Å². The molecular formula is C59H60BNO. The normalized spacial score (nSPS) is 23.0. The summed E-state index contributed by atoms with van der Waals surface area (Å²) in [5.74, 6) is 0. The maximum Gasteiger partial charge on any atom is 0.248 e. The van der Waals surface area contributed by atoms with Crippen LogP contribution in [0, 0.1) is 0 Å². The molecule has 13 rings (SSSR count). The zero-order chi connectivity index (χ0) is 42.8. The Morgan fingerprint density at radius 1 is 0.484 bits per heavy atom. The van der Waals surface area contributed by atoms with E-state index < -0.39 is 0 Å². The van der Waals surface area contributed by atoms with Crippen LogP contribution in [-0.2, 0) is 32.5 Å². The molecule has 6 aromatic carbocycles. The predicted molar refractivity (Wildman–Crippen MR) is 263 cm³/mol. The van der Waals surface area contributed by atoms with E-state index in [0.29, 0.717) is 0 Å². The number of anilines is 3. The maximum absolute atomic E-state index is 6.60. The fourth-order valence-corrected chi connectivity index (χ4v) is 14.3. The standard InChI is InChI=1S/C59H60BNO/c1-54(2)25-27-57(7,8)48-37(54)21-23-41-47(48)36-31-33(34-16-14-18-45-46(34)35-15-12-13-17-44(35)62-45)32-43-51(36)60(41)42-24-22-39-50-53(42)61(43)52-40(59(50,11)30-29-56(39,5)6)20-19-38-49(52)58(9,10)28-26-55(38,3)4/h12-24,31-32H,25-30H2,1-11H3. The smallest absolute Gasteiger partial charge is 0.248 e. The Labute approximate surface area is 369 Å². The highest BCUT2D eigenvalue weighted by Gasteiger charge is 2.56. The first-order valence-electron chi connectivity index (χ1n) is 23.8. The zero-order valence-electron chi connectivity index (χ0n) is 38.8. The summed E-state index contributed by atoms with van der Waals surface area (Å²) in [5, 5.41) is 2.40. The van der Waals surface area contributed by atoms with Crippen molar-refractivity contribution < 1.29 is 4.42 Å². The van der Waals surface area contributed by atoms with Crippen molar-refractivity contribution in [2.24, 2.45) is 0 Å². The monoisotopic (exact) mass is 809 g/mol. The van der Waals surface area contributed by atoms with Crippen LogP contribution in [0.1, 0.15) is 154 Å². The molecule has 6 aliphatic rings. The first-order chi connectivity index (χ1) is 29.3. The Bertz CT molecular complexity index is 3200. The number of fused-ring (bicyclic) bond motifs is 15. The van der Waals surface area contributed by atoms with Gasteiger partial charge in [-0.15, -0.1) is 0 Å². The van der Waals surface area contributed by atoms with Crippen LogP contribution in [0.4, 0.5) is 17.1 Å². The van der Waals surface area contributed by atoms with Gasteiger partial charge in [0, 0.05) is 27.6 Å². The lowest BCUT2D eigenvalue weighted by atomic mass is 9.36. The number of rotatable bonds is 1. The van der Waals surface area contributed by atoms with Gasteiger partial charge in [0.1, 0.15) is 11.2 Å². The minimum Gasteiger partial charge on any atom is -0.456 e. The lowest BCUT2D eigenvalue weighted by Gasteiger charge is -2.55. The van der Waals surface area contributed by atoms with Crippen LogP contribution in [0.25, 0.3) is 44.2 Å². The molecule has 4 heterocycles. The molecule has 0 bridgehead atoms. The second-order valence-electron chi connectivity index (χ2n) is 24.0. The van der Waals surface area contributed by atoms with Crippen molar-refractivity contribution in [3.63, 3.8) is 0 Å². The van der Waals surface area contributed by atoms with Crippen molar-refractivity contribution in [2.75, 3.05) is 4.90 Å². The lowest BCUT2D eigenvalue weighted by molar-refractivity contribution is 0.327. The Hall–Kier alpha value is -5.02. The molecule has 1 atom stereocenters.